The molecule has 132 valence electrons. The van der Waals surface area contributed by atoms with Crippen LogP contribution in [0.5, 0.6) is 5.75 Å². The number of hydrogen-bond acceptors (Lipinski definition) is 5. The molecule has 1 aromatic carbocycles. The lowest BCUT2D eigenvalue weighted by atomic mass is 10.0. The Balaban J connectivity index is 1.45. The summed E-state index contributed by atoms with van der Waals surface area (Å²) in [4.78, 5) is 20.7. The van der Waals surface area contributed by atoms with E-state index in [0.29, 0.717) is 12.2 Å². The number of aromatic nitrogens is 4. The van der Waals surface area contributed by atoms with Gasteiger partial charge in [0.2, 0.25) is 0 Å². The van der Waals surface area contributed by atoms with Crippen LogP contribution in [0, 0.1) is 6.92 Å². The summed E-state index contributed by atoms with van der Waals surface area (Å²) >= 11 is 0. The summed E-state index contributed by atoms with van der Waals surface area (Å²) in [6, 6.07) is 7.77. The van der Waals surface area contributed by atoms with Gasteiger partial charge >= 0.3 is 0 Å². The fourth-order valence-corrected chi connectivity index (χ4v) is 3.06. The van der Waals surface area contributed by atoms with Gasteiger partial charge in [-0.3, -0.25) is 19.4 Å². The Hall–Kier alpha value is -3.22. The number of fused-ring (bicyclic) bond motifs is 1. The molecular weight excluding hydrogens is 330 g/mol. The Kier molecular flexibility index (Phi) is 4.12. The van der Waals surface area contributed by atoms with Gasteiger partial charge in [-0.1, -0.05) is 12.1 Å². The van der Waals surface area contributed by atoms with Gasteiger partial charge in [-0.15, -0.1) is 0 Å². The lowest BCUT2D eigenvalue weighted by Gasteiger charge is -2.12. The first-order valence-electron chi connectivity index (χ1n) is 8.45. The zero-order valence-corrected chi connectivity index (χ0v) is 14.6. The second-order valence-electron chi connectivity index (χ2n) is 6.33. The molecule has 0 saturated carbocycles. The molecule has 3 heterocycles. The highest BCUT2D eigenvalue weighted by molar-refractivity contribution is 5.92. The van der Waals surface area contributed by atoms with Crippen molar-refractivity contribution in [3.8, 4) is 17.0 Å². The second-order valence-corrected chi connectivity index (χ2v) is 6.33. The molecule has 7 heteroatoms. The molecule has 1 amide bonds. The number of aryl methyl sites for hydroxylation is 2. The molecule has 0 aliphatic carbocycles. The van der Waals surface area contributed by atoms with Gasteiger partial charge in [0, 0.05) is 37.1 Å². The van der Waals surface area contributed by atoms with Crippen molar-refractivity contribution >= 4 is 5.91 Å². The van der Waals surface area contributed by atoms with E-state index in [1.54, 1.807) is 29.3 Å². The highest BCUT2D eigenvalue weighted by Crippen LogP contribution is 2.37. The molecule has 4 rings (SSSR count). The molecule has 0 spiro atoms. The van der Waals surface area contributed by atoms with Gasteiger partial charge in [0.05, 0.1) is 18.4 Å². The van der Waals surface area contributed by atoms with Crippen LogP contribution in [-0.4, -0.2) is 38.3 Å². The maximum Gasteiger partial charge on any atom is 0.271 e. The van der Waals surface area contributed by atoms with Gasteiger partial charge in [0.15, 0.2) is 0 Å². The van der Waals surface area contributed by atoms with Crippen LogP contribution in [0.3, 0.4) is 0 Å². The van der Waals surface area contributed by atoms with Crippen molar-refractivity contribution < 1.29 is 9.53 Å². The molecule has 2 aromatic heterocycles. The van der Waals surface area contributed by atoms with Crippen LogP contribution in [-0.2, 0) is 13.5 Å². The first-order chi connectivity index (χ1) is 12.6. The summed E-state index contributed by atoms with van der Waals surface area (Å²) < 4.78 is 7.78. The van der Waals surface area contributed by atoms with E-state index in [1.165, 1.54) is 0 Å². The minimum Gasteiger partial charge on any atom is -0.487 e. The van der Waals surface area contributed by atoms with E-state index >= 15 is 0 Å². The predicted molar refractivity (Wildman–Crippen MR) is 95.9 cm³/mol. The number of benzene rings is 1. The average Bonchev–Trinajstić information content (AvgIpc) is 3.23. The van der Waals surface area contributed by atoms with E-state index in [2.05, 4.69) is 20.4 Å². The van der Waals surface area contributed by atoms with Crippen molar-refractivity contribution in [2.24, 2.45) is 7.05 Å². The van der Waals surface area contributed by atoms with Gasteiger partial charge in [0.25, 0.3) is 5.91 Å². The highest BCUT2D eigenvalue weighted by Gasteiger charge is 2.26. The number of amides is 1. The minimum absolute atomic E-state index is 0.114. The zero-order valence-electron chi connectivity index (χ0n) is 14.6. The molecule has 1 N–H and O–H groups in total. The number of rotatable bonds is 4. The van der Waals surface area contributed by atoms with Gasteiger partial charge in [-0.25, -0.2) is 0 Å². The van der Waals surface area contributed by atoms with Gasteiger partial charge < -0.3 is 10.1 Å². The molecule has 26 heavy (non-hydrogen) atoms. The Labute approximate surface area is 151 Å². The maximum atomic E-state index is 12.3. The smallest absolute Gasteiger partial charge is 0.271 e. The van der Waals surface area contributed by atoms with E-state index in [-0.39, 0.29) is 12.0 Å². The third kappa shape index (κ3) is 3.03. The third-order valence-electron chi connectivity index (χ3n) is 4.50. The Bertz CT molecular complexity index is 932. The van der Waals surface area contributed by atoms with Crippen molar-refractivity contribution in [1.29, 1.82) is 0 Å². The summed E-state index contributed by atoms with van der Waals surface area (Å²) in [5.74, 6) is 0.628. The van der Waals surface area contributed by atoms with E-state index < -0.39 is 0 Å². The molecule has 1 aliphatic heterocycles. The van der Waals surface area contributed by atoms with E-state index in [1.807, 2.05) is 32.2 Å². The quantitative estimate of drug-likeness (QED) is 0.778. The van der Waals surface area contributed by atoms with E-state index in [0.717, 1.165) is 34.7 Å². The summed E-state index contributed by atoms with van der Waals surface area (Å²) in [5, 5.41) is 7.11. The fraction of sp³-hybridized carbons (Fsp3) is 0.263. The van der Waals surface area contributed by atoms with Gasteiger partial charge in [0.1, 0.15) is 17.5 Å². The van der Waals surface area contributed by atoms with Crippen LogP contribution < -0.4 is 10.1 Å². The van der Waals surface area contributed by atoms with Gasteiger partial charge in [-0.05, 0) is 24.6 Å². The van der Waals surface area contributed by atoms with Crippen LogP contribution in [0.4, 0.5) is 0 Å². The average molecular weight is 349 g/mol. The molecule has 0 fully saturated rings. The SMILES string of the molecule is Cc1cc(C(=O)NC[C@H]2Cc3cccc(-c4cnccn4)c3O2)nn1C. The number of para-hydroxylation sites is 1. The molecule has 1 aliphatic rings. The molecule has 1 atom stereocenters. The lowest BCUT2D eigenvalue weighted by Crippen LogP contribution is -2.34. The standard InChI is InChI=1S/C19H19N5O2/c1-12-8-16(23-24(12)2)19(25)22-10-14-9-13-4-3-5-15(18(13)26-14)17-11-20-6-7-21-17/h3-8,11,14H,9-10H2,1-2H3,(H,22,25)/t14-/m1/s1. The summed E-state index contributed by atoms with van der Waals surface area (Å²) in [6.45, 7) is 2.33. The molecular formula is C19H19N5O2. The van der Waals surface area contributed by atoms with Gasteiger partial charge in [-0.2, -0.15) is 5.10 Å². The second kappa shape index (κ2) is 6.59. The van der Waals surface area contributed by atoms with Crippen LogP contribution in [0.25, 0.3) is 11.3 Å². The molecule has 0 bridgehead atoms. The van der Waals surface area contributed by atoms with Crippen LogP contribution in [0.1, 0.15) is 21.7 Å². The van der Waals surface area contributed by atoms with Crippen molar-refractivity contribution in [2.45, 2.75) is 19.4 Å². The number of nitrogens with zero attached hydrogens (tertiary/aromatic N) is 4. The number of nitrogens with one attached hydrogen (secondary N) is 1. The Morgan fingerprint density at radius 2 is 2.27 bits per heavy atom. The zero-order chi connectivity index (χ0) is 18.1. The number of ether oxygens (including phenoxy) is 1. The lowest BCUT2D eigenvalue weighted by molar-refractivity contribution is 0.0928. The first kappa shape index (κ1) is 16.3. The normalized spacial score (nSPS) is 15.4. The Morgan fingerprint density at radius 3 is 3.00 bits per heavy atom. The molecule has 0 radical (unpaired) electrons. The van der Waals surface area contributed by atoms with Crippen LogP contribution in [0.2, 0.25) is 0 Å². The summed E-state index contributed by atoms with van der Waals surface area (Å²) in [7, 11) is 1.82. The monoisotopic (exact) mass is 349 g/mol. The third-order valence-corrected chi connectivity index (χ3v) is 4.50. The number of carbonyl (C=O) groups is 1. The Morgan fingerprint density at radius 1 is 1.38 bits per heavy atom. The largest absolute Gasteiger partial charge is 0.487 e. The number of carbonyl (C=O) groups excluding carboxylic acids is 1. The van der Waals surface area contributed by atoms with Crippen LogP contribution >= 0.6 is 0 Å². The summed E-state index contributed by atoms with van der Waals surface area (Å²) in [6.07, 6.45) is 5.65. The summed E-state index contributed by atoms with van der Waals surface area (Å²) in [5.41, 5.74) is 4.16. The van der Waals surface area contributed by atoms with Crippen molar-refractivity contribution in [3.63, 3.8) is 0 Å². The van der Waals surface area contributed by atoms with Crippen molar-refractivity contribution in [2.75, 3.05) is 6.54 Å². The molecule has 3 aromatic rings. The molecule has 7 nitrogen and oxygen atoms in total. The van der Waals surface area contributed by atoms with Crippen molar-refractivity contribution in [3.05, 3.63) is 59.8 Å². The van der Waals surface area contributed by atoms with E-state index in [4.69, 9.17) is 4.74 Å². The minimum atomic E-state index is -0.192. The van der Waals surface area contributed by atoms with E-state index in [9.17, 15) is 4.79 Å². The van der Waals surface area contributed by atoms with Crippen LogP contribution in [0.15, 0.2) is 42.9 Å². The molecule has 0 unspecified atom stereocenters. The highest BCUT2D eigenvalue weighted by atomic mass is 16.5. The maximum absolute atomic E-state index is 12.3. The number of hydrogen-bond donors (Lipinski definition) is 1. The molecule has 0 saturated heterocycles. The first-order valence-corrected chi connectivity index (χ1v) is 8.45. The topological polar surface area (TPSA) is 81.9 Å². The fourth-order valence-electron chi connectivity index (χ4n) is 3.06. The van der Waals surface area contributed by atoms with Crippen molar-refractivity contribution in [1.82, 2.24) is 25.1 Å². The predicted octanol–water partition coefficient (Wildman–Crippen LogP) is 1.92.